The van der Waals surface area contributed by atoms with Crippen molar-refractivity contribution < 1.29 is 17.6 Å². The van der Waals surface area contributed by atoms with Crippen molar-refractivity contribution in [3.63, 3.8) is 0 Å². The molecule has 0 aliphatic heterocycles. The number of nitrogens with one attached hydrogen (secondary N) is 1. The van der Waals surface area contributed by atoms with E-state index in [4.69, 9.17) is 5.73 Å². The number of halogens is 5. The maximum Gasteiger partial charge on any atom is 0.451 e. The SMILES string of the molecule is Nc1cc(Nc2ccc(Br)c(F)c2)nc(C(F)(F)F)n1. The Bertz CT molecular complexity index is 645. The van der Waals surface area contributed by atoms with Crippen molar-refractivity contribution in [3.8, 4) is 0 Å². The molecule has 0 aliphatic carbocycles. The Morgan fingerprint density at radius 1 is 1.15 bits per heavy atom. The van der Waals surface area contributed by atoms with E-state index < -0.39 is 17.8 Å². The van der Waals surface area contributed by atoms with E-state index in [0.717, 1.165) is 12.1 Å². The van der Waals surface area contributed by atoms with Crippen LogP contribution in [0.25, 0.3) is 0 Å². The van der Waals surface area contributed by atoms with Gasteiger partial charge in [-0.1, -0.05) is 0 Å². The molecule has 1 aromatic carbocycles. The molecule has 0 spiro atoms. The zero-order valence-electron chi connectivity index (χ0n) is 9.67. The van der Waals surface area contributed by atoms with Crippen molar-refractivity contribution in [1.82, 2.24) is 9.97 Å². The third-order valence-corrected chi connectivity index (χ3v) is 2.83. The normalized spacial score (nSPS) is 11.4. The van der Waals surface area contributed by atoms with E-state index in [1.807, 2.05) is 0 Å². The first-order valence-corrected chi connectivity index (χ1v) is 5.99. The Labute approximate surface area is 119 Å². The molecule has 0 unspecified atom stereocenters. The summed E-state index contributed by atoms with van der Waals surface area (Å²) >= 11 is 2.97. The first-order chi connectivity index (χ1) is 9.25. The smallest absolute Gasteiger partial charge is 0.384 e. The molecule has 1 heterocycles. The summed E-state index contributed by atoms with van der Waals surface area (Å²) in [4.78, 5) is 6.39. The Kier molecular flexibility index (Phi) is 3.80. The molecule has 0 saturated carbocycles. The minimum atomic E-state index is -4.71. The molecule has 20 heavy (non-hydrogen) atoms. The number of hydrogen-bond acceptors (Lipinski definition) is 4. The summed E-state index contributed by atoms with van der Waals surface area (Å²) in [6, 6.07) is 5.11. The van der Waals surface area contributed by atoms with Gasteiger partial charge in [0.05, 0.1) is 4.47 Å². The van der Waals surface area contributed by atoms with Crippen LogP contribution in [0.3, 0.4) is 0 Å². The highest BCUT2D eigenvalue weighted by Gasteiger charge is 2.35. The average Bonchev–Trinajstić information content (AvgIpc) is 2.32. The molecule has 0 atom stereocenters. The van der Waals surface area contributed by atoms with Crippen LogP contribution in [0.15, 0.2) is 28.7 Å². The van der Waals surface area contributed by atoms with Gasteiger partial charge in [-0.15, -0.1) is 0 Å². The van der Waals surface area contributed by atoms with E-state index in [-0.39, 0.29) is 21.8 Å². The van der Waals surface area contributed by atoms with Crippen LogP contribution in [-0.2, 0) is 6.18 Å². The van der Waals surface area contributed by atoms with Crippen molar-refractivity contribution >= 4 is 33.3 Å². The van der Waals surface area contributed by atoms with Gasteiger partial charge < -0.3 is 11.1 Å². The van der Waals surface area contributed by atoms with Gasteiger partial charge in [0, 0.05) is 11.8 Å². The second kappa shape index (κ2) is 5.23. The van der Waals surface area contributed by atoms with E-state index in [1.165, 1.54) is 12.1 Å². The van der Waals surface area contributed by atoms with Crippen LogP contribution in [0.2, 0.25) is 0 Å². The maximum atomic E-state index is 13.3. The summed E-state index contributed by atoms with van der Waals surface area (Å²) in [6.45, 7) is 0. The van der Waals surface area contributed by atoms with Crippen LogP contribution in [0.5, 0.6) is 0 Å². The molecule has 4 nitrogen and oxygen atoms in total. The highest BCUT2D eigenvalue weighted by Crippen LogP contribution is 2.29. The lowest BCUT2D eigenvalue weighted by atomic mass is 10.3. The molecule has 0 aliphatic rings. The van der Waals surface area contributed by atoms with E-state index in [1.54, 1.807) is 0 Å². The number of nitrogen functional groups attached to an aromatic ring is 1. The number of nitrogens with zero attached hydrogens (tertiary/aromatic N) is 2. The molecule has 1 aromatic heterocycles. The van der Waals surface area contributed by atoms with Crippen molar-refractivity contribution in [2.45, 2.75) is 6.18 Å². The fraction of sp³-hybridized carbons (Fsp3) is 0.0909. The molecule has 2 rings (SSSR count). The molecule has 106 valence electrons. The second-order valence-corrected chi connectivity index (χ2v) is 4.61. The van der Waals surface area contributed by atoms with Crippen LogP contribution in [0.4, 0.5) is 34.9 Å². The third kappa shape index (κ3) is 3.35. The van der Waals surface area contributed by atoms with Crippen LogP contribution in [0.1, 0.15) is 5.82 Å². The number of hydrogen-bond donors (Lipinski definition) is 2. The third-order valence-electron chi connectivity index (χ3n) is 2.19. The Morgan fingerprint density at radius 2 is 1.85 bits per heavy atom. The number of aromatic nitrogens is 2. The Morgan fingerprint density at radius 3 is 2.45 bits per heavy atom. The molecular weight excluding hydrogens is 344 g/mol. The lowest BCUT2D eigenvalue weighted by molar-refractivity contribution is -0.144. The minimum Gasteiger partial charge on any atom is -0.384 e. The molecule has 2 aromatic rings. The Balaban J connectivity index is 2.33. The summed E-state index contributed by atoms with van der Waals surface area (Å²) in [5.74, 6) is -2.44. The highest BCUT2D eigenvalue weighted by molar-refractivity contribution is 9.10. The zero-order valence-corrected chi connectivity index (χ0v) is 11.3. The number of anilines is 3. The van der Waals surface area contributed by atoms with E-state index in [9.17, 15) is 17.6 Å². The van der Waals surface area contributed by atoms with E-state index in [2.05, 4.69) is 31.2 Å². The van der Waals surface area contributed by atoms with Gasteiger partial charge in [-0.25, -0.2) is 14.4 Å². The number of nitrogens with two attached hydrogens (primary N) is 1. The zero-order chi connectivity index (χ0) is 14.9. The van der Waals surface area contributed by atoms with Gasteiger partial charge >= 0.3 is 6.18 Å². The summed E-state index contributed by atoms with van der Waals surface area (Å²) in [5.41, 5.74) is 5.52. The summed E-state index contributed by atoms with van der Waals surface area (Å²) in [6.07, 6.45) is -4.71. The van der Waals surface area contributed by atoms with E-state index >= 15 is 0 Å². The maximum absolute atomic E-state index is 13.3. The van der Waals surface area contributed by atoms with Gasteiger partial charge in [0.1, 0.15) is 17.5 Å². The molecular formula is C11H7BrF4N4. The van der Waals surface area contributed by atoms with Crippen molar-refractivity contribution in [1.29, 1.82) is 0 Å². The van der Waals surface area contributed by atoms with Crippen molar-refractivity contribution in [2.75, 3.05) is 11.1 Å². The fourth-order valence-corrected chi connectivity index (χ4v) is 1.63. The van der Waals surface area contributed by atoms with Gasteiger partial charge in [0.2, 0.25) is 5.82 Å². The molecule has 9 heteroatoms. The van der Waals surface area contributed by atoms with Crippen molar-refractivity contribution in [3.05, 3.63) is 40.4 Å². The van der Waals surface area contributed by atoms with Crippen LogP contribution < -0.4 is 11.1 Å². The van der Waals surface area contributed by atoms with E-state index in [0.29, 0.717) is 0 Å². The van der Waals surface area contributed by atoms with Crippen LogP contribution in [-0.4, -0.2) is 9.97 Å². The Hall–Kier alpha value is -1.90. The summed E-state index contributed by atoms with van der Waals surface area (Å²) in [7, 11) is 0. The molecule has 0 amide bonds. The van der Waals surface area contributed by atoms with Gasteiger partial charge in [-0.2, -0.15) is 13.2 Å². The number of benzene rings is 1. The van der Waals surface area contributed by atoms with Gasteiger partial charge in [-0.3, -0.25) is 0 Å². The second-order valence-electron chi connectivity index (χ2n) is 3.75. The lowest BCUT2D eigenvalue weighted by Gasteiger charge is -2.10. The molecule has 0 saturated heterocycles. The van der Waals surface area contributed by atoms with Crippen molar-refractivity contribution in [2.24, 2.45) is 0 Å². The minimum absolute atomic E-state index is 0.174. The quantitative estimate of drug-likeness (QED) is 0.810. The molecule has 3 N–H and O–H groups in total. The topological polar surface area (TPSA) is 63.8 Å². The summed E-state index contributed by atoms with van der Waals surface area (Å²) < 4.78 is 51.1. The molecule has 0 fully saturated rings. The van der Waals surface area contributed by atoms with Gasteiger partial charge in [0.25, 0.3) is 0 Å². The van der Waals surface area contributed by atoms with Crippen LogP contribution in [0, 0.1) is 5.82 Å². The number of rotatable bonds is 2. The van der Waals surface area contributed by atoms with Gasteiger partial charge in [0.15, 0.2) is 0 Å². The fourth-order valence-electron chi connectivity index (χ4n) is 1.38. The van der Waals surface area contributed by atoms with Crippen LogP contribution >= 0.6 is 15.9 Å². The first kappa shape index (κ1) is 14.5. The molecule has 0 bridgehead atoms. The summed E-state index contributed by atoms with van der Waals surface area (Å²) in [5, 5.41) is 2.53. The first-order valence-electron chi connectivity index (χ1n) is 5.19. The lowest BCUT2D eigenvalue weighted by Crippen LogP contribution is -2.13. The predicted octanol–water partition coefficient (Wildman–Crippen LogP) is 3.72. The standard InChI is InChI=1S/C11H7BrF4N4/c12-6-2-1-5(3-7(6)13)18-9-4-8(17)19-10(20-9)11(14,15)16/h1-4H,(H3,17,18,19,20). The number of alkyl halides is 3. The monoisotopic (exact) mass is 350 g/mol. The largest absolute Gasteiger partial charge is 0.451 e. The average molecular weight is 351 g/mol. The molecule has 0 radical (unpaired) electrons. The predicted molar refractivity (Wildman–Crippen MR) is 68.8 cm³/mol. The van der Waals surface area contributed by atoms with Gasteiger partial charge in [-0.05, 0) is 34.1 Å². The highest BCUT2D eigenvalue weighted by atomic mass is 79.9.